The number of carbonyl (C=O) groups is 2. The van der Waals surface area contributed by atoms with Gasteiger partial charge in [0.1, 0.15) is 5.75 Å². The Hall–Kier alpha value is -2.82. The van der Waals surface area contributed by atoms with E-state index >= 15 is 0 Å². The van der Waals surface area contributed by atoms with Crippen LogP contribution in [0.25, 0.3) is 0 Å². The first-order chi connectivity index (χ1) is 12.1. The zero-order valence-electron chi connectivity index (χ0n) is 14.5. The molecule has 0 heterocycles. The van der Waals surface area contributed by atoms with Gasteiger partial charge in [0, 0.05) is 5.69 Å². The van der Waals surface area contributed by atoms with Crippen LogP contribution in [0.4, 0.5) is 5.69 Å². The van der Waals surface area contributed by atoms with Gasteiger partial charge in [-0.1, -0.05) is 31.5 Å². The van der Waals surface area contributed by atoms with E-state index in [4.69, 9.17) is 9.47 Å². The van der Waals surface area contributed by atoms with Crippen LogP contribution in [0.15, 0.2) is 54.6 Å². The minimum absolute atomic E-state index is 0.241. The van der Waals surface area contributed by atoms with Gasteiger partial charge in [-0.25, -0.2) is 4.79 Å². The molecule has 2 aromatic rings. The van der Waals surface area contributed by atoms with Gasteiger partial charge < -0.3 is 14.8 Å². The zero-order chi connectivity index (χ0) is 18.1. The number of hydrogen-bond acceptors (Lipinski definition) is 4. The van der Waals surface area contributed by atoms with Crippen molar-refractivity contribution in [1.82, 2.24) is 0 Å². The molecule has 2 aromatic carbocycles. The van der Waals surface area contributed by atoms with Crippen LogP contribution in [0.5, 0.6) is 5.75 Å². The highest BCUT2D eigenvalue weighted by molar-refractivity contribution is 5.94. The Labute approximate surface area is 148 Å². The van der Waals surface area contributed by atoms with E-state index in [9.17, 15) is 9.59 Å². The number of benzene rings is 2. The summed E-state index contributed by atoms with van der Waals surface area (Å²) in [5, 5.41) is 2.78. The second kappa shape index (κ2) is 9.47. The Morgan fingerprint density at radius 3 is 2.36 bits per heavy atom. The summed E-state index contributed by atoms with van der Waals surface area (Å²) in [6, 6.07) is 15.8. The van der Waals surface area contributed by atoms with Gasteiger partial charge in [-0.05, 0) is 49.7 Å². The predicted octanol–water partition coefficient (Wildman–Crippen LogP) is 4.05. The third-order valence-electron chi connectivity index (χ3n) is 3.54. The number of para-hydroxylation sites is 1. The first-order valence-corrected chi connectivity index (χ1v) is 8.40. The van der Waals surface area contributed by atoms with Crippen LogP contribution in [0.1, 0.15) is 37.0 Å². The third kappa shape index (κ3) is 5.95. The minimum Gasteiger partial charge on any atom is -0.481 e. The fourth-order valence-corrected chi connectivity index (χ4v) is 2.09. The molecular formula is C20H23NO4. The molecular weight excluding hydrogens is 318 g/mol. The molecule has 1 amide bonds. The van der Waals surface area contributed by atoms with Crippen molar-refractivity contribution in [2.45, 2.75) is 32.8 Å². The summed E-state index contributed by atoms with van der Waals surface area (Å²) in [4.78, 5) is 24.0. The molecule has 0 aliphatic heterocycles. The van der Waals surface area contributed by atoms with Crippen LogP contribution in [0.3, 0.4) is 0 Å². The SMILES string of the molecule is CCCCOC(=O)c1ccc(O[C@@H](C)C(=O)Nc2ccccc2)cc1. The van der Waals surface area contributed by atoms with Crippen molar-refractivity contribution >= 4 is 17.6 Å². The van der Waals surface area contributed by atoms with Gasteiger partial charge in [0.25, 0.3) is 5.91 Å². The molecule has 0 saturated carbocycles. The lowest BCUT2D eigenvalue weighted by atomic mass is 10.2. The molecule has 0 aliphatic rings. The topological polar surface area (TPSA) is 64.6 Å². The van der Waals surface area contributed by atoms with E-state index in [1.807, 2.05) is 37.3 Å². The van der Waals surface area contributed by atoms with Gasteiger partial charge in [0.2, 0.25) is 0 Å². The van der Waals surface area contributed by atoms with Crippen LogP contribution < -0.4 is 10.1 Å². The quantitative estimate of drug-likeness (QED) is 0.581. The largest absolute Gasteiger partial charge is 0.481 e. The Balaban J connectivity index is 1.87. The molecule has 0 spiro atoms. The number of rotatable bonds is 8. The predicted molar refractivity (Wildman–Crippen MR) is 96.8 cm³/mol. The van der Waals surface area contributed by atoms with E-state index < -0.39 is 6.10 Å². The normalized spacial score (nSPS) is 11.4. The van der Waals surface area contributed by atoms with E-state index in [1.54, 1.807) is 31.2 Å². The fourth-order valence-electron chi connectivity index (χ4n) is 2.09. The summed E-state index contributed by atoms with van der Waals surface area (Å²) in [6.07, 6.45) is 1.16. The number of amides is 1. The Morgan fingerprint density at radius 1 is 1.04 bits per heavy atom. The van der Waals surface area contributed by atoms with Crippen molar-refractivity contribution in [3.8, 4) is 5.75 Å². The first-order valence-electron chi connectivity index (χ1n) is 8.40. The first kappa shape index (κ1) is 18.5. The van der Waals surface area contributed by atoms with Crippen LogP contribution in [-0.4, -0.2) is 24.6 Å². The van der Waals surface area contributed by atoms with Crippen molar-refractivity contribution in [2.75, 3.05) is 11.9 Å². The van der Waals surface area contributed by atoms with E-state index in [0.29, 0.717) is 23.6 Å². The second-order valence-corrected chi connectivity index (χ2v) is 5.63. The van der Waals surface area contributed by atoms with Gasteiger partial charge in [0.15, 0.2) is 6.10 Å². The summed E-state index contributed by atoms with van der Waals surface area (Å²) in [5.41, 5.74) is 1.18. The maximum atomic E-state index is 12.1. The van der Waals surface area contributed by atoms with E-state index in [-0.39, 0.29) is 11.9 Å². The molecule has 25 heavy (non-hydrogen) atoms. The monoisotopic (exact) mass is 341 g/mol. The number of hydrogen-bond donors (Lipinski definition) is 1. The Bertz CT molecular complexity index is 683. The van der Waals surface area contributed by atoms with E-state index in [2.05, 4.69) is 5.32 Å². The Morgan fingerprint density at radius 2 is 1.72 bits per heavy atom. The standard InChI is InChI=1S/C20H23NO4/c1-3-4-14-24-20(23)16-10-12-18(13-11-16)25-15(2)19(22)21-17-8-6-5-7-9-17/h5-13,15H,3-4,14H2,1-2H3,(H,21,22)/t15-/m0/s1. The third-order valence-corrected chi connectivity index (χ3v) is 3.54. The van der Waals surface area contributed by atoms with Crippen molar-refractivity contribution in [3.63, 3.8) is 0 Å². The molecule has 0 bridgehead atoms. The molecule has 0 fully saturated rings. The lowest BCUT2D eigenvalue weighted by Crippen LogP contribution is -2.30. The fraction of sp³-hybridized carbons (Fsp3) is 0.300. The van der Waals surface area contributed by atoms with Gasteiger partial charge in [-0.3, -0.25) is 4.79 Å². The molecule has 0 aliphatic carbocycles. The lowest BCUT2D eigenvalue weighted by Gasteiger charge is -2.15. The van der Waals surface area contributed by atoms with Crippen LogP contribution >= 0.6 is 0 Å². The minimum atomic E-state index is -0.664. The highest BCUT2D eigenvalue weighted by atomic mass is 16.5. The molecule has 0 aromatic heterocycles. The molecule has 1 N–H and O–H groups in total. The summed E-state index contributed by atoms with van der Waals surface area (Å²) < 4.78 is 10.8. The second-order valence-electron chi connectivity index (χ2n) is 5.63. The van der Waals surface area contributed by atoms with Crippen molar-refractivity contribution in [3.05, 3.63) is 60.2 Å². The maximum absolute atomic E-state index is 12.1. The molecule has 2 rings (SSSR count). The summed E-state index contributed by atoms with van der Waals surface area (Å²) >= 11 is 0. The van der Waals surface area contributed by atoms with Gasteiger partial charge in [0.05, 0.1) is 12.2 Å². The average molecular weight is 341 g/mol. The van der Waals surface area contributed by atoms with Crippen molar-refractivity contribution in [2.24, 2.45) is 0 Å². The van der Waals surface area contributed by atoms with Crippen LogP contribution in [0, 0.1) is 0 Å². The van der Waals surface area contributed by atoms with Crippen molar-refractivity contribution < 1.29 is 19.1 Å². The summed E-state index contributed by atoms with van der Waals surface area (Å²) in [5.74, 6) is -0.0788. The zero-order valence-corrected chi connectivity index (χ0v) is 14.5. The average Bonchev–Trinajstić information content (AvgIpc) is 2.63. The molecule has 1 atom stereocenters. The van der Waals surface area contributed by atoms with Gasteiger partial charge >= 0.3 is 5.97 Å². The smallest absolute Gasteiger partial charge is 0.338 e. The molecule has 0 radical (unpaired) electrons. The number of nitrogens with one attached hydrogen (secondary N) is 1. The number of carbonyl (C=O) groups excluding carboxylic acids is 2. The molecule has 132 valence electrons. The molecule has 0 saturated heterocycles. The molecule has 5 heteroatoms. The van der Waals surface area contributed by atoms with Crippen LogP contribution in [-0.2, 0) is 9.53 Å². The highest BCUT2D eigenvalue weighted by Gasteiger charge is 2.15. The number of anilines is 1. The number of unbranched alkanes of at least 4 members (excludes halogenated alkanes) is 1. The number of ether oxygens (including phenoxy) is 2. The maximum Gasteiger partial charge on any atom is 0.338 e. The van der Waals surface area contributed by atoms with Gasteiger partial charge in [-0.2, -0.15) is 0 Å². The van der Waals surface area contributed by atoms with Gasteiger partial charge in [-0.15, -0.1) is 0 Å². The van der Waals surface area contributed by atoms with Crippen LogP contribution in [0.2, 0.25) is 0 Å². The van der Waals surface area contributed by atoms with E-state index in [0.717, 1.165) is 12.8 Å². The van der Waals surface area contributed by atoms with E-state index in [1.165, 1.54) is 0 Å². The van der Waals surface area contributed by atoms with Crippen molar-refractivity contribution in [1.29, 1.82) is 0 Å². The molecule has 5 nitrogen and oxygen atoms in total. The highest BCUT2D eigenvalue weighted by Crippen LogP contribution is 2.16. The summed E-state index contributed by atoms with van der Waals surface area (Å²) in [6.45, 7) is 4.13. The lowest BCUT2D eigenvalue weighted by molar-refractivity contribution is -0.122. The molecule has 0 unspecified atom stereocenters. The Kier molecular flexibility index (Phi) is 7.01. The number of esters is 1. The summed E-state index contributed by atoms with van der Waals surface area (Å²) in [7, 11) is 0.